The zero-order valence-corrected chi connectivity index (χ0v) is 9.25. The van der Waals surface area contributed by atoms with Crippen molar-refractivity contribution in [2.45, 2.75) is 26.1 Å². The first-order chi connectivity index (χ1) is 7.56. The third kappa shape index (κ3) is 3.01. The Labute approximate surface area is 93.7 Å². The minimum absolute atomic E-state index is 0.157. The second kappa shape index (κ2) is 5.58. The molecule has 1 aromatic heterocycles. The molecule has 0 aliphatic rings. The van der Waals surface area contributed by atoms with E-state index >= 15 is 0 Å². The minimum atomic E-state index is -1.60. The lowest BCUT2D eigenvalue weighted by Crippen LogP contribution is -2.30. The first-order valence-electron chi connectivity index (χ1n) is 5.02. The van der Waals surface area contributed by atoms with Gasteiger partial charge in [-0.05, 0) is 26.0 Å². The molecule has 0 radical (unpaired) electrons. The Balaban J connectivity index is 2.77. The number of esters is 1. The summed E-state index contributed by atoms with van der Waals surface area (Å²) in [6.45, 7) is 3.54. The average molecular weight is 225 g/mol. The molecule has 1 rings (SSSR count). The number of pyridine rings is 1. The fourth-order valence-electron chi connectivity index (χ4n) is 1.25. The number of nitrogens with zero attached hydrogens (tertiary/aromatic N) is 1. The summed E-state index contributed by atoms with van der Waals surface area (Å²) in [6, 6.07) is 4.99. The Morgan fingerprint density at radius 2 is 2.19 bits per heavy atom. The number of ether oxygens (including phenoxy) is 1. The summed E-state index contributed by atoms with van der Waals surface area (Å²) in [6.07, 6.45) is -2.96. The molecule has 0 aliphatic carbocycles. The van der Waals surface area contributed by atoms with Gasteiger partial charge in [0.2, 0.25) is 0 Å². The van der Waals surface area contributed by atoms with E-state index in [1.54, 1.807) is 32.0 Å². The van der Waals surface area contributed by atoms with Gasteiger partial charge < -0.3 is 14.9 Å². The number of aryl methyl sites for hydroxylation is 1. The molecule has 0 saturated carbocycles. The van der Waals surface area contributed by atoms with E-state index in [0.29, 0.717) is 5.69 Å². The molecule has 16 heavy (non-hydrogen) atoms. The number of aliphatic hydroxyl groups excluding tert-OH is 2. The number of hydrogen-bond donors (Lipinski definition) is 2. The summed E-state index contributed by atoms with van der Waals surface area (Å²) in [5.41, 5.74) is 0.952. The van der Waals surface area contributed by atoms with Crippen molar-refractivity contribution < 1.29 is 19.7 Å². The first-order valence-corrected chi connectivity index (χ1v) is 5.02. The van der Waals surface area contributed by atoms with Crippen LogP contribution in [0.2, 0.25) is 0 Å². The fraction of sp³-hybridized carbons (Fsp3) is 0.455. The quantitative estimate of drug-likeness (QED) is 0.723. The summed E-state index contributed by atoms with van der Waals surface area (Å²) in [4.78, 5) is 15.2. The lowest BCUT2D eigenvalue weighted by molar-refractivity contribution is -0.159. The summed E-state index contributed by atoms with van der Waals surface area (Å²) in [5, 5.41) is 19.2. The maximum absolute atomic E-state index is 11.2. The topological polar surface area (TPSA) is 79.7 Å². The monoisotopic (exact) mass is 225 g/mol. The number of rotatable bonds is 4. The second-order valence-electron chi connectivity index (χ2n) is 3.35. The molecule has 88 valence electrons. The van der Waals surface area contributed by atoms with Gasteiger partial charge in [-0.3, -0.25) is 4.98 Å². The van der Waals surface area contributed by atoms with Crippen molar-refractivity contribution in [2.75, 3.05) is 6.61 Å². The molecule has 1 aromatic rings. The highest BCUT2D eigenvalue weighted by atomic mass is 16.5. The van der Waals surface area contributed by atoms with Gasteiger partial charge in [-0.25, -0.2) is 4.79 Å². The summed E-state index contributed by atoms with van der Waals surface area (Å²) in [5.74, 6) is -0.849. The van der Waals surface area contributed by atoms with Crippen LogP contribution in [0, 0.1) is 6.92 Å². The van der Waals surface area contributed by atoms with Gasteiger partial charge in [0.1, 0.15) is 6.10 Å². The van der Waals surface area contributed by atoms with Crippen LogP contribution < -0.4 is 0 Å². The van der Waals surface area contributed by atoms with Gasteiger partial charge in [0.15, 0.2) is 6.10 Å². The van der Waals surface area contributed by atoms with E-state index in [9.17, 15) is 15.0 Å². The number of carbonyl (C=O) groups excluding carboxylic acids is 1. The Hall–Kier alpha value is -1.46. The molecule has 2 N–H and O–H groups in total. The van der Waals surface area contributed by atoms with E-state index in [0.717, 1.165) is 0 Å². The number of aromatic nitrogens is 1. The van der Waals surface area contributed by atoms with Gasteiger partial charge in [0, 0.05) is 5.69 Å². The number of carbonyl (C=O) groups is 1. The molecule has 0 saturated heterocycles. The van der Waals surface area contributed by atoms with Crippen LogP contribution in [-0.4, -0.2) is 33.9 Å². The molecule has 5 nitrogen and oxygen atoms in total. The molecular weight excluding hydrogens is 210 g/mol. The van der Waals surface area contributed by atoms with Crippen LogP contribution in [0.3, 0.4) is 0 Å². The van der Waals surface area contributed by atoms with Crippen LogP contribution in [0.4, 0.5) is 0 Å². The molecule has 0 fully saturated rings. The van der Waals surface area contributed by atoms with E-state index < -0.39 is 18.2 Å². The van der Waals surface area contributed by atoms with Crippen LogP contribution in [0.5, 0.6) is 0 Å². The molecule has 0 spiro atoms. The molecule has 5 heteroatoms. The van der Waals surface area contributed by atoms with Gasteiger partial charge in [0.05, 0.1) is 12.3 Å². The highest BCUT2D eigenvalue weighted by Gasteiger charge is 2.27. The van der Waals surface area contributed by atoms with Crippen molar-refractivity contribution in [1.29, 1.82) is 0 Å². The lowest BCUT2D eigenvalue weighted by Gasteiger charge is -2.16. The van der Waals surface area contributed by atoms with Crippen LogP contribution in [0.25, 0.3) is 0 Å². The summed E-state index contributed by atoms with van der Waals surface area (Å²) < 4.78 is 4.60. The molecule has 0 aliphatic heterocycles. The van der Waals surface area contributed by atoms with Crippen LogP contribution >= 0.6 is 0 Å². The van der Waals surface area contributed by atoms with Crippen LogP contribution in [0.15, 0.2) is 18.2 Å². The zero-order chi connectivity index (χ0) is 12.1. The second-order valence-corrected chi connectivity index (χ2v) is 3.35. The predicted molar refractivity (Wildman–Crippen MR) is 56.6 cm³/mol. The zero-order valence-electron chi connectivity index (χ0n) is 9.25. The maximum Gasteiger partial charge on any atom is 0.338 e. The van der Waals surface area contributed by atoms with E-state index in [4.69, 9.17) is 0 Å². The average Bonchev–Trinajstić information content (AvgIpc) is 2.27. The standard InChI is InChI=1S/C11H15NO4/c1-3-16-11(15)10(14)9(13)8-6-4-5-7(2)12-8/h4-6,9-10,13-14H,3H2,1-2H3. The van der Waals surface area contributed by atoms with Crippen molar-refractivity contribution in [3.05, 3.63) is 29.6 Å². The highest BCUT2D eigenvalue weighted by Crippen LogP contribution is 2.15. The lowest BCUT2D eigenvalue weighted by atomic mass is 10.1. The highest BCUT2D eigenvalue weighted by molar-refractivity contribution is 5.75. The van der Waals surface area contributed by atoms with Gasteiger partial charge >= 0.3 is 5.97 Å². The Morgan fingerprint density at radius 3 is 2.75 bits per heavy atom. The summed E-state index contributed by atoms with van der Waals surface area (Å²) >= 11 is 0. The SMILES string of the molecule is CCOC(=O)C(O)C(O)c1cccc(C)n1. The largest absolute Gasteiger partial charge is 0.464 e. The van der Waals surface area contributed by atoms with E-state index in [2.05, 4.69) is 9.72 Å². The molecule has 0 aromatic carbocycles. The Bertz CT molecular complexity index is 367. The molecule has 1 heterocycles. The molecule has 0 amide bonds. The molecule has 2 unspecified atom stereocenters. The van der Waals surface area contributed by atoms with Crippen LogP contribution in [-0.2, 0) is 9.53 Å². The third-order valence-electron chi connectivity index (χ3n) is 2.04. The van der Waals surface area contributed by atoms with Crippen molar-refractivity contribution in [3.8, 4) is 0 Å². The van der Waals surface area contributed by atoms with Crippen LogP contribution in [0.1, 0.15) is 24.4 Å². The number of aliphatic hydroxyl groups is 2. The first kappa shape index (κ1) is 12.6. The Kier molecular flexibility index (Phi) is 4.39. The number of hydrogen-bond acceptors (Lipinski definition) is 5. The molecule has 2 atom stereocenters. The van der Waals surface area contributed by atoms with E-state index in [1.807, 2.05) is 0 Å². The maximum atomic E-state index is 11.2. The van der Waals surface area contributed by atoms with E-state index in [1.165, 1.54) is 0 Å². The smallest absolute Gasteiger partial charge is 0.338 e. The van der Waals surface area contributed by atoms with Gasteiger partial charge in [-0.15, -0.1) is 0 Å². The summed E-state index contributed by atoms with van der Waals surface area (Å²) in [7, 11) is 0. The normalized spacial score (nSPS) is 14.2. The van der Waals surface area contributed by atoms with E-state index in [-0.39, 0.29) is 12.3 Å². The molecule has 0 bridgehead atoms. The van der Waals surface area contributed by atoms with Gasteiger partial charge in [-0.2, -0.15) is 0 Å². The van der Waals surface area contributed by atoms with Gasteiger partial charge in [0.25, 0.3) is 0 Å². The fourth-order valence-corrected chi connectivity index (χ4v) is 1.25. The predicted octanol–water partition coefficient (Wildman–Crippen LogP) is 0.347. The minimum Gasteiger partial charge on any atom is -0.464 e. The van der Waals surface area contributed by atoms with Crippen molar-refractivity contribution in [3.63, 3.8) is 0 Å². The van der Waals surface area contributed by atoms with Crippen molar-refractivity contribution in [2.24, 2.45) is 0 Å². The molecular formula is C11H15NO4. The van der Waals surface area contributed by atoms with Crippen molar-refractivity contribution >= 4 is 5.97 Å². The third-order valence-corrected chi connectivity index (χ3v) is 2.04. The van der Waals surface area contributed by atoms with Gasteiger partial charge in [-0.1, -0.05) is 6.07 Å². The Morgan fingerprint density at radius 1 is 1.50 bits per heavy atom. The van der Waals surface area contributed by atoms with Crippen molar-refractivity contribution in [1.82, 2.24) is 4.98 Å².